The quantitative estimate of drug-likeness (QED) is 0.537. The van der Waals surface area contributed by atoms with E-state index >= 15 is 0 Å². The predicted molar refractivity (Wildman–Crippen MR) is 55.8 cm³/mol. The maximum absolute atomic E-state index is 11.3. The van der Waals surface area contributed by atoms with Crippen molar-refractivity contribution in [1.29, 1.82) is 0 Å². The zero-order valence-corrected chi connectivity index (χ0v) is 8.27. The summed E-state index contributed by atoms with van der Waals surface area (Å²) in [4.78, 5) is 11.3. The van der Waals surface area contributed by atoms with Crippen LogP contribution in [0.3, 0.4) is 0 Å². The Bertz CT molecular complexity index is 303. The molecule has 2 heteroatoms. The summed E-state index contributed by atoms with van der Waals surface area (Å²) in [6.45, 7) is 3.63. The highest BCUT2D eigenvalue weighted by Crippen LogP contribution is 2.10. The molecular formula is C12H14O2. The highest BCUT2D eigenvalue weighted by Gasteiger charge is 2.15. The van der Waals surface area contributed by atoms with E-state index < -0.39 is 0 Å². The third kappa shape index (κ3) is 2.73. The minimum absolute atomic E-state index is 0.233. The smallest absolute Gasteiger partial charge is 0.312 e. The molecule has 0 bridgehead atoms. The first-order valence-electron chi connectivity index (χ1n) is 4.52. The number of benzene rings is 1. The number of methoxy groups -OCH3 is 1. The van der Waals surface area contributed by atoms with Gasteiger partial charge in [0.15, 0.2) is 0 Å². The molecule has 74 valence electrons. The SMILES string of the molecule is C=C[C@H](Cc1ccccc1)C(=O)OC. The van der Waals surface area contributed by atoms with E-state index in [4.69, 9.17) is 0 Å². The van der Waals surface area contributed by atoms with Crippen LogP contribution in [0.4, 0.5) is 0 Å². The lowest BCUT2D eigenvalue weighted by molar-refractivity contribution is -0.143. The normalized spacial score (nSPS) is 11.8. The van der Waals surface area contributed by atoms with Crippen molar-refractivity contribution in [3.63, 3.8) is 0 Å². The van der Waals surface area contributed by atoms with Crippen molar-refractivity contribution in [2.45, 2.75) is 6.42 Å². The van der Waals surface area contributed by atoms with Crippen molar-refractivity contribution in [2.24, 2.45) is 5.92 Å². The second kappa shape index (κ2) is 5.22. The van der Waals surface area contributed by atoms with E-state index in [0.717, 1.165) is 5.56 Å². The summed E-state index contributed by atoms with van der Waals surface area (Å²) in [5.41, 5.74) is 1.11. The Hall–Kier alpha value is -1.57. The average Bonchev–Trinajstić information content (AvgIpc) is 2.26. The van der Waals surface area contributed by atoms with Gasteiger partial charge in [-0.3, -0.25) is 4.79 Å². The fourth-order valence-corrected chi connectivity index (χ4v) is 1.28. The van der Waals surface area contributed by atoms with Crippen LogP contribution >= 0.6 is 0 Å². The molecule has 0 heterocycles. The Morgan fingerprint density at radius 3 is 2.64 bits per heavy atom. The molecule has 0 unspecified atom stereocenters. The summed E-state index contributed by atoms with van der Waals surface area (Å²) >= 11 is 0. The zero-order valence-electron chi connectivity index (χ0n) is 8.27. The van der Waals surface area contributed by atoms with Gasteiger partial charge in [-0.25, -0.2) is 0 Å². The van der Waals surface area contributed by atoms with Crippen LogP contribution in [0.2, 0.25) is 0 Å². The molecule has 0 aliphatic carbocycles. The molecule has 0 saturated heterocycles. The fraction of sp³-hybridized carbons (Fsp3) is 0.250. The highest BCUT2D eigenvalue weighted by molar-refractivity contribution is 5.74. The Kier molecular flexibility index (Phi) is 3.92. The Morgan fingerprint density at radius 1 is 1.50 bits per heavy atom. The molecular weight excluding hydrogens is 176 g/mol. The molecule has 0 spiro atoms. The summed E-state index contributed by atoms with van der Waals surface area (Å²) in [6, 6.07) is 9.82. The summed E-state index contributed by atoms with van der Waals surface area (Å²) in [5, 5.41) is 0. The third-order valence-corrected chi connectivity index (χ3v) is 2.09. The molecule has 1 atom stereocenters. The third-order valence-electron chi connectivity index (χ3n) is 2.09. The number of rotatable bonds is 4. The number of hydrogen-bond acceptors (Lipinski definition) is 2. The van der Waals surface area contributed by atoms with Gasteiger partial charge in [0.25, 0.3) is 0 Å². The molecule has 0 aliphatic heterocycles. The summed E-state index contributed by atoms with van der Waals surface area (Å²) in [7, 11) is 1.39. The van der Waals surface area contributed by atoms with Crippen LogP contribution in [-0.4, -0.2) is 13.1 Å². The maximum atomic E-state index is 11.3. The van der Waals surface area contributed by atoms with Crippen molar-refractivity contribution < 1.29 is 9.53 Å². The minimum atomic E-state index is -0.248. The lowest BCUT2D eigenvalue weighted by Gasteiger charge is -2.09. The van der Waals surface area contributed by atoms with Gasteiger partial charge in [0.2, 0.25) is 0 Å². The topological polar surface area (TPSA) is 26.3 Å². The number of ether oxygens (including phenoxy) is 1. The molecule has 0 aliphatic rings. The lowest BCUT2D eigenvalue weighted by Crippen LogP contribution is -2.16. The highest BCUT2D eigenvalue weighted by atomic mass is 16.5. The van der Waals surface area contributed by atoms with Crippen LogP contribution in [0.15, 0.2) is 43.0 Å². The van der Waals surface area contributed by atoms with Crippen molar-refractivity contribution >= 4 is 5.97 Å². The van der Waals surface area contributed by atoms with Gasteiger partial charge in [0, 0.05) is 0 Å². The van der Waals surface area contributed by atoms with Crippen LogP contribution in [0.25, 0.3) is 0 Å². The van der Waals surface area contributed by atoms with E-state index in [1.54, 1.807) is 6.08 Å². The monoisotopic (exact) mass is 190 g/mol. The molecule has 0 amide bonds. The van der Waals surface area contributed by atoms with Crippen LogP contribution in [0.5, 0.6) is 0 Å². The molecule has 1 aromatic carbocycles. The van der Waals surface area contributed by atoms with Crippen molar-refractivity contribution in [2.75, 3.05) is 7.11 Å². The van der Waals surface area contributed by atoms with Gasteiger partial charge in [-0.15, -0.1) is 6.58 Å². The largest absolute Gasteiger partial charge is 0.469 e. The van der Waals surface area contributed by atoms with Crippen LogP contribution in [0, 0.1) is 5.92 Å². The Labute approximate surface area is 84.2 Å². The first-order valence-corrected chi connectivity index (χ1v) is 4.52. The lowest BCUT2D eigenvalue weighted by atomic mass is 10.00. The molecule has 2 nitrogen and oxygen atoms in total. The van der Waals surface area contributed by atoms with E-state index in [1.807, 2.05) is 30.3 Å². The molecule has 0 aromatic heterocycles. The van der Waals surface area contributed by atoms with E-state index in [9.17, 15) is 4.79 Å². The zero-order chi connectivity index (χ0) is 10.4. The van der Waals surface area contributed by atoms with Gasteiger partial charge in [-0.05, 0) is 12.0 Å². The molecule has 0 fully saturated rings. The van der Waals surface area contributed by atoms with Gasteiger partial charge in [0.1, 0.15) is 0 Å². The second-order valence-electron chi connectivity index (χ2n) is 3.06. The van der Waals surface area contributed by atoms with Gasteiger partial charge >= 0.3 is 5.97 Å². The molecule has 0 N–H and O–H groups in total. The second-order valence-corrected chi connectivity index (χ2v) is 3.06. The number of carbonyl (C=O) groups excluding carboxylic acids is 1. The summed E-state index contributed by atoms with van der Waals surface area (Å²) in [6.07, 6.45) is 2.27. The van der Waals surface area contributed by atoms with Crippen molar-refractivity contribution in [3.05, 3.63) is 48.6 Å². The first-order chi connectivity index (χ1) is 6.77. The van der Waals surface area contributed by atoms with Gasteiger partial charge in [0.05, 0.1) is 13.0 Å². The van der Waals surface area contributed by atoms with Crippen LogP contribution in [-0.2, 0) is 16.0 Å². The minimum Gasteiger partial charge on any atom is -0.469 e. The van der Waals surface area contributed by atoms with E-state index in [-0.39, 0.29) is 11.9 Å². The maximum Gasteiger partial charge on any atom is 0.312 e. The van der Waals surface area contributed by atoms with Crippen molar-refractivity contribution in [3.8, 4) is 0 Å². The Balaban J connectivity index is 2.66. The number of hydrogen-bond donors (Lipinski definition) is 0. The van der Waals surface area contributed by atoms with Gasteiger partial charge in [-0.2, -0.15) is 0 Å². The van der Waals surface area contributed by atoms with E-state index in [0.29, 0.717) is 6.42 Å². The number of carbonyl (C=O) groups is 1. The molecule has 14 heavy (non-hydrogen) atoms. The average molecular weight is 190 g/mol. The van der Waals surface area contributed by atoms with E-state index in [1.165, 1.54) is 7.11 Å². The van der Waals surface area contributed by atoms with Gasteiger partial charge in [-0.1, -0.05) is 36.4 Å². The molecule has 0 radical (unpaired) electrons. The molecule has 1 rings (SSSR count). The molecule has 0 saturated carbocycles. The molecule has 1 aromatic rings. The van der Waals surface area contributed by atoms with Crippen LogP contribution < -0.4 is 0 Å². The van der Waals surface area contributed by atoms with Crippen LogP contribution in [0.1, 0.15) is 5.56 Å². The summed E-state index contributed by atoms with van der Waals surface area (Å²) < 4.78 is 4.67. The van der Waals surface area contributed by atoms with Crippen molar-refractivity contribution in [1.82, 2.24) is 0 Å². The predicted octanol–water partition coefficient (Wildman–Crippen LogP) is 2.20. The number of esters is 1. The Morgan fingerprint density at radius 2 is 2.14 bits per heavy atom. The van der Waals surface area contributed by atoms with E-state index in [2.05, 4.69) is 11.3 Å². The first kappa shape index (κ1) is 10.5. The summed E-state index contributed by atoms with van der Waals surface area (Å²) in [5.74, 6) is -0.480. The standard InChI is InChI=1S/C12H14O2/c1-3-11(12(13)14-2)9-10-7-5-4-6-8-10/h3-8,11H,1,9H2,2H3/t11-/m1/s1. The fourth-order valence-electron chi connectivity index (χ4n) is 1.28. The van der Waals surface area contributed by atoms with Gasteiger partial charge < -0.3 is 4.74 Å².